The van der Waals surface area contributed by atoms with E-state index in [0.717, 1.165) is 10.6 Å². The third-order valence-corrected chi connectivity index (χ3v) is 3.96. The van der Waals surface area contributed by atoms with E-state index < -0.39 is 0 Å². The monoisotopic (exact) mass is 322 g/mol. The Kier molecular flexibility index (Phi) is 5.18. The van der Waals surface area contributed by atoms with E-state index in [1.807, 2.05) is 6.92 Å². The Bertz CT molecular complexity index is 694. The lowest BCUT2D eigenvalue weighted by atomic mass is 10.3. The normalized spacial score (nSPS) is 10.1. The van der Waals surface area contributed by atoms with Gasteiger partial charge in [-0.05, 0) is 31.3 Å². The second kappa shape index (κ2) is 7.09. The molecule has 0 atom stereocenters. The van der Waals surface area contributed by atoms with Gasteiger partial charge < -0.3 is 15.6 Å². The van der Waals surface area contributed by atoms with Crippen LogP contribution in [0.2, 0.25) is 0 Å². The van der Waals surface area contributed by atoms with Crippen molar-refractivity contribution < 1.29 is 9.59 Å². The zero-order chi connectivity index (χ0) is 15.2. The molecule has 0 bridgehead atoms. The van der Waals surface area contributed by atoms with Gasteiger partial charge >= 0.3 is 0 Å². The number of pyridine rings is 1. The first-order valence-electron chi connectivity index (χ1n) is 6.21. The minimum Gasteiger partial charge on any atom is -0.347 e. The summed E-state index contributed by atoms with van der Waals surface area (Å²) in [7, 11) is 0. The number of carbonyl (C=O) groups is 2. The van der Waals surface area contributed by atoms with Crippen LogP contribution in [0.25, 0.3) is 0 Å². The van der Waals surface area contributed by atoms with Crippen molar-refractivity contribution in [1.82, 2.24) is 15.3 Å². The number of H-pyrrole nitrogens is 1. The van der Waals surface area contributed by atoms with Crippen LogP contribution in [0.15, 0.2) is 24.4 Å². The number of nitrogens with one attached hydrogen (secondary N) is 3. The standard InChI is InChI=1S/C13H14N4O2S2/c1-8-9(21-13(20)16-8)6-11(18)15-7-12(19)17-10-4-2-3-5-14-10/h2-5H,6-7H2,1H3,(H,15,18)(H,16,20)(H,14,17,19). The van der Waals surface area contributed by atoms with E-state index >= 15 is 0 Å². The molecule has 2 rings (SSSR count). The van der Waals surface area contributed by atoms with Gasteiger partial charge in [0.05, 0.1) is 13.0 Å². The molecule has 0 aromatic carbocycles. The van der Waals surface area contributed by atoms with E-state index in [1.165, 1.54) is 11.3 Å². The number of nitrogens with zero attached hydrogens (tertiary/aromatic N) is 1. The van der Waals surface area contributed by atoms with E-state index in [0.29, 0.717) is 9.77 Å². The molecule has 3 N–H and O–H groups in total. The second-order valence-electron chi connectivity index (χ2n) is 4.28. The fraction of sp³-hybridized carbons (Fsp3) is 0.231. The van der Waals surface area contributed by atoms with Crippen molar-refractivity contribution in [3.8, 4) is 0 Å². The zero-order valence-corrected chi connectivity index (χ0v) is 12.9. The molecule has 0 fully saturated rings. The molecule has 0 saturated heterocycles. The molecule has 2 amide bonds. The predicted octanol–water partition coefficient (Wildman–Crippen LogP) is 1.81. The molecule has 0 spiro atoms. The Morgan fingerprint density at radius 1 is 1.38 bits per heavy atom. The minimum absolute atomic E-state index is 0.0930. The van der Waals surface area contributed by atoms with Gasteiger partial charge in [0.25, 0.3) is 0 Å². The van der Waals surface area contributed by atoms with Gasteiger partial charge in [0, 0.05) is 16.8 Å². The molecule has 0 saturated carbocycles. The quantitative estimate of drug-likeness (QED) is 0.733. The smallest absolute Gasteiger partial charge is 0.244 e. The van der Waals surface area contributed by atoms with Gasteiger partial charge in [-0.1, -0.05) is 6.07 Å². The second-order valence-corrected chi connectivity index (χ2v) is 6.05. The SMILES string of the molecule is Cc1[nH]c(=S)sc1CC(=O)NCC(=O)Nc1ccccn1. The maximum atomic E-state index is 11.8. The van der Waals surface area contributed by atoms with Crippen LogP contribution >= 0.6 is 23.6 Å². The van der Waals surface area contributed by atoms with Crippen LogP contribution in [-0.2, 0) is 16.0 Å². The lowest BCUT2D eigenvalue weighted by Crippen LogP contribution is -2.33. The van der Waals surface area contributed by atoms with Gasteiger partial charge in [-0.2, -0.15) is 0 Å². The number of aromatic amines is 1. The molecular weight excluding hydrogens is 308 g/mol. The van der Waals surface area contributed by atoms with Gasteiger partial charge in [0.1, 0.15) is 5.82 Å². The van der Waals surface area contributed by atoms with Crippen molar-refractivity contribution in [2.75, 3.05) is 11.9 Å². The fourth-order valence-electron chi connectivity index (χ4n) is 1.62. The Labute approximate surface area is 130 Å². The summed E-state index contributed by atoms with van der Waals surface area (Å²) in [5.41, 5.74) is 0.887. The molecule has 8 heteroatoms. The highest BCUT2D eigenvalue weighted by atomic mass is 32.1. The molecule has 0 aliphatic carbocycles. The zero-order valence-electron chi connectivity index (χ0n) is 11.3. The molecular formula is C13H14N4O2S2. The summed E-state index contributed by atoms with van der Waals surface area (Å²) in [4.78, 5) is 31.3. The number of thiazole rings is 1. The summed E-state index contributed by atoms with van der Waals surface area (Å²) in [6.07, 6.45) is 1.79. The van der Waals surface area contributed by atoms with E-state index in [4.69, 9.17) is 12.2 Å². The molecule has 0 unspecified atom stereocenters. The summed E-state index contributed by atoms with van der Waals surface area (Å²) in [5.74, 6) is -0.0869. The van der Waals surface area contributed by atoms with E-state index in [2.05, 4.69) is 20.6 Å². The van der Waals surface area contributed by atoms with Crippen LogP contribution in [0, 0.1) is 10.9 Å². The summed E-state index contributed by atoms with van der Waals surface area (Å²) >= 11 is 6.38. The molecule has 2 aromatic rings. The van der Waals surface area contributed by atoms with Crippen LogP contribution in [0.5, 0.6) is 0 Å². The first-order valence-corrected chi connectivity index (χ1v) is 7.43. The highest BCUT2D eigenvalue weighted by Crippen LogP contribution is 2.14. The van der Waals surface area contributed by atoms with E-state index in [9.17, 15) is 9.59 Å². The number of aryl methyl sites for hydroxylation is 1. The Balaban J connectivity index is 1.80. The number of amides is 2. The minimum atomic E-state index is -0.319. The Morgan fingerprint density at radius 3 is 2.81 bits per heavy atom. The van der Waals surface area contributed by atoms with Crippen LogP contribution in [0.4, 0.5) is 5.82 Å². The van der Waals surface area contributed by atoms with Crippen molar-refractivity contribution in [3.63, 3.8) is 0 Å². The van der Waals surface area contributed by atoms with E-state index in [1.54, 1.807) is 24.4 Å². The Hall–Kier alpha value is -2.06. The van der Waals surface area contributed by atoms with Gasteiger partial charge in [0.15, 0.2) is 3.95 Å². The van der Waals surface area contributed by atoms with E-state index in [-0.39, 0.29) is 24.8 Å². The van der Waals surface area contributed by atoms with Crippen LogP contribution in [0.1, 0.15) is 10.6 Å². The third-order valence-electron chi connectivity index (χ3n) is 2.62. The molecule has 2 heterocycles. The van der Waals surface area contributed by atoms with Crippen LogP contribution in [-0.4, -0.2) is 28.3 Å². The van der Waals surface area contributed by atoms with Gasteiger partial charge in [-0.15, -0.1) is 11.3 Å². The van der Waals surface area contributed by atoms with Crippen molar-refractivity contribution in [2.24, 2.45) is 0 Å². The van der Waals surface area contributed by atoms with Gasteiger partial charge in [-0.25, -0.2) is 4.98 Å². The molecule has 0 radical (unpaired) electrons. The molecule has 110 valence electrons. The average Bonchev–Trinajstić information content (AvgIpc) is 2.76. The van der Waals surface area contributed by atoms with Crippen molar-refractivity contribution in [3.05, 3.63) is 38.9 Å². The summed E-state index contributed by atoms with van der Waals surface area (Å²) in [5, 5.41) is 5.16. The third kappa shape index (κ3) is 4.76. The van der Waals surface area contributed by atoms with Crippen molar-refractivity contribution >= 4 is 41.2 Å². The van der Waals surface area contributed by atoms with Gasteiger partial charge in [0.2, 0.25) is 11.8 Å². The highest BCUT2D eigenvalue weighted by molar-refractivity contribution is 7.73. The number of rotatable bonds is 5. The first-order chi connectivity index (χ1) is 10.0. The highest BCUT2D eigenvalue weighted by Gasteiger charge is 2.10. The number of hydrogen-bond acceptors (Lipinski definition) is 5. The fourth-order valence-corrected chi connectivity index (χ4v) is 2.91. The predicted molar refractivity (Wildman–Crippen MR) is 83.8 cm³/mol. The van der Waals surface area contributed by atoms with Crippen molar-refractivity contribution in [1.29, 1.82) is 0 Å². The lowest BCUT2D eigenvalue weighted by Gasteiger charge is -2.06. The summed E-state index contributed by atoms with van der Waals surface area (Å²) in [6.45, 7) is 1.77. The lowest BCUT2D eigenvalue weighted by molar-refractivity contribution is -0.123. The number of aromatic nitrogens is 2. The molecule has 6 nitrogen and oxygen atoms in total. The number of anilines is 1. The number of hydrogen-bond donors (Lipinski definition) is 3. The maximum absolute atomic E-state index is 11.8. The topological polar surface area (TPSA) is 86.9 Å². The molecule has 0 aliphatic heterocycles. The van der Waals surface area contributed by atoms with Crippen LogP contribution < -0.4 is 10.6 Å². The Morgan fingerprint density at radius 2 is 2.19 bits per heavy atom. The summed E-state index contributed by atoms with van der Waals surface area (Å²) in [6, 6.07) is 5.20. The molecule has 0 aliphatic rings. The largest absolute Gasteiger partial charge is 0.347 e. The molecule has 2 aromatic heterocycles. The average molecular weight is 322 g/mol. The van der Waals surface area contributed by atoms with Crippen LogP contribution in [0.3, 0.4) is 0 Å². The maximum Gasteiger partial charge on any atom is 0.244 e. The van der Waals surface area contributed by atoms with Crippen molar-refractivity contribution in [2.45, 2.75) is 13.3 Å². The van der Waals surface area contributed by atoms with Gasteiger partial charge in [-0.3, -0.25) is 9.59 Å². The molecule has 21 heavy (non-hydrogen) atoms. The number of carbonyl (C=O) groups excluding carboxylic acids is 2. The summed E-state index contributed by atoms with van der Waals surface area (Å²) < 4.78 is 0.642. The first kappa shape index (κ1) is 15.3.